The van der Waals surface area contributed by atoms with Gasteiger partial charge < -0.3 is 15.6 Å². The predicted octanol–water partition coefficient (Wildman–Crippen LogP) is 1.61. The van der Waals surface area contributed by atoms with Crippen molar-refractivity contribution in [3.8, 4) is 5.75 Å². The third-order valence-electron chi connectivity index (χ3n) is 2.41. The van der Waals surface area contributed by atoms with E-state index in [4.69, 9.17) is 27.2 Å². The van der Waals surface area contributed by atoms with Gasteiger partial charge in [0.25, 0.3) is 0 Å². The molecule has 16 heavy (non-hydrogen) atoms. The van der Waals surface area contributed by atoms with Crippen molar-refractivity contribution in [2.45, 2.75) is 19.4 Å². The number of benzene rings is 1. The Morgan fingerprint density at radius 2 is 2.25 bits per heavy atom. The smallest absolute Gasteiger partial charge is 0.320 e. The molecule has 5 heteroatoms. The first-order chi connectivity index (χ1) is 7.45. The third kappa shape index (κ3) is 2.87. The largest absolute Gasteiger partial charge is 0.496 e. The molecule has 0 aliphatic heterocycles. The average Bonchev–Trinajstić information content (AvgIpc) is 2.22. The summed E-state index contributed by atoms with van der Waals surface area (Å²) in [5.74, 6) is -0.390. The molecule has 0 aliphatic carbocycles. The molecule has 1 aromatic carbocycles. The Hall–Kier alpha value is -1.26. The lowest BCUT2D eigenvalue weighted by Crippen LogP contribution is -2.32. The lowest BCUT2D eigenvalue weighted by molar-refractivity contribution is -0.138. The lowest BCUT2D eigenvalue weighted by atomic mass is 10.0. The fourth-order valence-corrected chi connectivity index (χ4v) is 1.69. The minimum Gasteiger partial charge on any atom is -0.496 e. The van der Waals surface area contributed by atoms with Crippen LogP contribution in [0.5, 0.6) is 5.75 Å². The Morgan fingerprint density at radius 1 is 1.62 bits per heavy atom. The van der Waals surface area contributed by atoms with Crippen molar-refractivity contribution >= 4 is 17.6 Å². The fourth-order valence-electron chi connectivity index (χ4n) is 1.46. The van der Waals surface area contributed by atoms with Gasteiger partial charge in [0.2, 0.25) is 0 Å². The van der Waals surface area contributed by atoms with Crippen molar-refractivity contribution in [1.82, 2.24) is 0 Å². The molecule has 0 saturated heterocycles. The number of methoxy groups -OCH3 is 1. The van der Waals surface area contributed by atoms with Crippen molar-refractivity contribution in [2.24, 2.45) is 5.73 Å². The summed E-state index contributed by atoms with van der Waals surface area (Å²) in [6, 6.07) is 2.47. The molecule has 0 fully saturated rings. The zero-order chi connectivity index (χ0) is 12.3. The van der Waals surface area contributed by atoms with Crippen LogP contribution < -0.4 is 10.5 Å². The van der Waals surface area contributed by atoms with Gasteiger partial charge in [-0.25, -0.2) is 0 Å². The van der Waals surface area contributed by atoms with Crippen molar-refractivity contribution in [1.29, 1.82) is 0 Å². The Balaban J connectivity index is 3.04. The maximum Gasteiger partial charge on any atom is 0.320 e. The zero-order valence-corrected chi connectivity index (χ0v) is 9.91. The number of carboxylic acids is 1. The van der Waals surface area contributed by atoms with E-state index in [1.807, 2.05) is 6.92 Å². The van der Waals surface area contributed by atoms with Gasteiger partial charge in [0.15, 0.2) is 0 Å². The van der Waals surface area contributed by atoms with Crippen LogP contribution in [0.25, 0.3) is 0 Å². The normalized spacial score (nSPS) is 12.2. The van der Waals surface area contributed by atoms with Gasteiger partial charge in [-0.1, -0.05) is 11.6 Å². The molecular weight excluding hydrogens is 230 g/mol. The van der Waals surface area contributed by atoms with Gasteiger partial charge >= 0.3 is 5.97 Å². The van der Waals surface area contributed by atoms with E-state index < -0.39 is 12.0 Å². The highest BCUT2D eigenvalue weighted by Crippen LogP contribution is 2.27. The van der Waals surface area contributed by atoms with Gasteiger partial charge in [-0.2, -0.15) is 0 Å². The third-order valence-corrected chi connectivity index (χ3v) is 2.63. The highest BCUT2D eigenvalue weighted by atomic mass is 35.5. The summed E-state index contributed by atoms with van der Waals surface area (Å²) >= 11 is 5.90. The summed E-state index contributed by atoms with van der Waals surface area (Å²) in [5, 5.41) is 9.25. The van der Waals surface area contributed by atoms with Crippen molar-refractivity contribution in [2.75, 3.05) is 7.11 Å². The second-order valence-corrected chi connectivity index (χ2v) is 3.98. The van der Waals surface area contributed by atoms with Gasteiger partial charge in [-0.3, -0.25) is 4.79 Å². The summed E-state index contributed by atoms with van der Waals surface area (Å²) in [6.07, 6.45) is 0.234. The standard InChI is InChI=1S/C11H14ClNO3/c1-6-7(4-9(13)11(14)15)3-8(12)5-10(6)16-2/h3,5,9H,4,13H2,1-2H3,(H,14,15). The molecule has 1 atom stereocenters. The molecule has 0 aliphatic rings. The monoisotopic (exact) mass is 243 g/mol. The van der Waals surface area contributed by atoms with E-state index in [1.54, 1.807) is 19.2 Å². The lowest BCUT2D eigenvalue weighted by Gasteiger charge is -2.13. The molecule has 0 amide bonds. The maximum absolute atomic E-state index is 10.7. The van der Waals surface area contributed by atoms with Crippen LogP contribution in [0, 0.1) is 6.92 Å². The average molecular weight is 244 g/mol. The van der Waals surface area contributed by atoms with E-state index in [0.29, 0.717) is 10.8 Å². The van der Waals surface area contributed by atoms with Gasteiger partial charge in [0.1, 0.15) is 11.8 Å². The van der Waals surface area contributed by atoms with Gasteiger partial charge in [-0.05, 0) is 36.6 Å². The van der Waals surface area contributed by atoms with Gasteiger partial charge in [0.05, 0.1) is 7.11 Å². The van der Waals surface area contributed by atoms with E-state index in [0.717, 1.165) is 11.1 Å². The summed E-state index contributed by atoms with van der Waals surface area (Å²) in [7, 11) is 1.54. The topological polar surface area (TPSA) is 72.5 Å². The van der Waals surface area contributed by atoms with Crippen LogP contribution in [0.2, 0.25) is 5.02 Å². The highest BCUT2D eigenvalue weighted by molar-refractivity contribution is 6.30. The van der Waals surface area contributed by atoms with E-state index in [9.17, 15) is 4.79 Å². The van der Waals surface area contributed by atoms with Crippen LogP contribution in [0.4, 0.5) is 0 Å². The fraction of sp³-hybridized carbons (Fsp3) is 0.364. The van der Waals surface area contributed by atoms with E-state index in [-0.39, 0.29) is 6.42 Å². The summed E-state index contributed by atoms with van der Waals surface area (Å²) in [6.45, 7) is 1.85. The first-order valence-corrected chi connectivity index (χ1v) is 5.15. The van der Waals surface area contributed by atoms with Crippen LogP contribution in [0.3, 0.4) is 0 Å². The molecule has 1 rings (SSSR count). The Morgan fingerprint density at radius 3 is 2.75 bits per heavy atom. The molecule has 88 valence electrons. The van der Waals surface area contributed by atoms with Gasteiger partial charge in [-0.15, -0.1) is 0 Å². The number of hydrogen-bond donors (Lipinski definition) is 2. The van der Waals surface area contributed by atoms with Crippen molar-refractivity contribution < 1.29 is 14.6 Å². The Labute approximate surface area is 99.0 Å². The zero-order valence-electron chi connectivity index (χ0n) is 9.16. The number of nitrogens with two attached hydrogens (primary N) is 1. The molecule has 0 saturated carbocycles. The summed E-state index contributed by atoms with van der Waals surface area (Å²) < 4.78 is 5.14. The SMILES string of the molecule is COc1cc(Cl)cc(CC(N)C(=O)O)c1C. The number of carboxylic acid groups (broad SMARTS) is 1. The molecule has 0 radical (unpaired) electrons. The molecule has 0 bridgehead atoms. The number of carbonyl (C=O) groups is 1. The number of ether oxygens (including phenoxy) is 1. The Kier molecular flexibility index (Phi) is 4.15. The van der Waals surface area contributed by atoms with Crippen LogP contribution >= 0.6 is 11.6 Å². The van der Waals surface area contributed by atoms with Crippen LogP contribution in [-0.2, 0) is 11.2 Å². The second kappa shape index (κ2) is 5.18. The van der Waals surface area contributed by atoms with E-state index in [2.05, 4.69) is 0 Å². The minimum absolute atomic E-state index is 0.234. The molecule has 3 N–H and O–H groups in total. The van der Waals surface area contributed by atoms with Crippen LogP contribution in [-0.4, -0.2) is 24.2 Å². The molecule has 0 aromatic heterocycles. The van der Waals surface area contributed by atoms with Gasteiger partial charge in [0, 0.05) is 5.02 Å². The van der Waals surface area contributed by atoms with E-state index >= 15 is 0 Å². The maximum atomic E-state index is 10.7. The second-order valence-electron chi connectivity index (χ2n) is 3.54. The molecule has 1 aromatic rings. The first kappa shape index (κ1) is 12.8. The molecule has 1 unspecified atom stereocenters. The van der Waals surface area contributed by atoms with E-state index in [1.165, 1.54) is 0 Å². The quantitative estimate of drug-likeness (QED) is 0.843. The first-order valence-electron chi connectivity index (χ1n) is 4.77. The Bertz CT molecular complexity index is 406. The summed E-state index contributed by atoms with van der Waals surface area (Å²) in [5.41, 5.74) is 7.13. The highest BCUT2D eigenvalue weighted by Gasteiger charge is 2.15. The molecular formula is C11H14ClNO3. The molecule has 0 heterocycles. The minimum atomic E-state index is -1.03. The van der Waals surface area contributed by atoms with Crippen LogP contribution in [0.15, 0.2) is 12.1 Å². The summed E-state index contributed by atoms with van der Waals surface area (Å²) in [4.78, 5) is 10.7. The van der Waals surface area contributed by atoms with Crippen LogP contribution in [0.1, 0.15) is 11.1 Å². The molecule has 0 spiro atoms. The number of hydrogen-bond acceptors (Lipinski definition) is 3. The predicted molar refractivity (Wildman–Crippen MR) is 62.1 cm³/mol. The van der Waals surface area contributed by atoms with Crippen molar-refractivity contribution in [3.63, 3.8) is 0 Å². The number of halogens is 1. The number of rotatable bonds is 4. The molecule has 4 nitrogen and oxygen atoms in total. The van der Waals surface area contributed by atoms with Crippen molar-refractivity contribution in [3.05, 3.63) is 28.3 Å². The number of aliphatic carboxylic acids is 1.